The first-order valence-corrected chi connectivity index (χ1v) is 7.03. The summed E-state index contributed by atoms with van der Waals surface area (Å²) in [6.07, 6.45) is 3.24. The van der Waals surface area contributed by atoms with Gasteiger partial charge in [-0.1, -0.05) is 34.5 Å². The number of ether oxygens (including phenoxy) is 1. The predicted molar refractivity (Wildman–Crippen MR) is 77.4 cm³/mol. The van der Waals surface area contributed by atoms with Crippen molar-refractivity contribution in [2.75, 3.05) is 13.2 Å². The van der Waals surface area contributed by atoms with Crippen molar-refractivity contribution in [1.82, 2.24) is 15.0 Å². The van der Waals surface area contributed by atoms with Crippen molar-refractivity contribution in [2.45, 2.75) is 19.4 Å². The van der Waals surface area contributed by atoms with Crippen molar-refractivity contribution in [3.63, 3.8) is 0 Å². The van der Waals surface area contributed by atoms with Gasteiger partial charge in [-0.25, -0.2) is 4.68 Å². The molecule has 1 aromatic heterocycles. The Balaban J connectivity index is 1.85. The predicted octanol–water partition coefficient (Wildman–Crippen LogP) is 2.59. The minimum Gasteiger partial charge on any atom is -0.489 e. The molecule has 0 saturated heterocycles. The van der Waals surface area contributed by atoms with Gasteiger partial charge in [0.2, 0.25) is 0 Å². The average molecular weight is 316 g/mol. The number of rotatable bonds is 7. The molecule has 0 aliphatic heterocycles. The number of para-hydroxylation sites is 1. The molecule has 20 heavy (non-hydrogen) atoms. The van der Waals surface area contributed by atoms with E-state index in [-0.39, 0.29) is 6.61 Å². The van der Waals surface area contributed by atoms with E-state index in [4.69, 9.17) is 33.0 Å². The first-order chi connectivity index (χ1) is 9.70. The molecule has 5 nitrogen and oxygen atoms in total. The van der Waals surface area contributed by atoms with Crippen molar-refractivity contribution < 1.29 is 9.84 Å². The van der Waals surface area contributed by atoms with E-state index in [1.54, 1.807) is 22.9 Å². The lowest BCUT2D eigenvalue weighted by Crippen LogP contribution is -2.09. The van der Waals surface area contributed by atoms with Crippen molar-refractivity contribution in [3.05, 3.63) is 40.1 Å². The fourth-order valence-corrected chi connectivity index (χ4v) is 2.19. The highest BCUT2D eigenvalue weighted by atomic mass is 35.5. The summed E-state index contributed by atoms with van der Waals surface area (Å²) in [5, 5.41) is 17.7. The van der Waals surface area contributed by atoms with Crippen LogP contribution in [0.1, 0.15) is 12.1 Å². The Morgan fingerprint density at radius 3 is 2.70 bits per heavy atom. The molecule has 0 saturated carbocycles. The van der Waals surface area contributed by atoms with E-state index in [1.165, 1.54) is 0 Å². The Kier molecular flexibility index (Phi) is 5.64. The second-order valence-corrected chi connectivity index (χ2v) is 5.01. The number of hydrogen-bond acceptors (Lipinski definition) is 4. The molecule has 2 aromatic rings. The highest BCUT2D eigenvalue weighted by molar-refractivity contribution is 6.37. The van der Waals surface area contributed by atoms with E-state index in [2.05, 4.69) is 10.3 Å². The normalized spacial score (nSPS) is 10.8. The van der Waals surface area contributed by atoms with Gasteiger partial charge < -0.3 is 9.84 Å². The van der Waals surface area contributed by atoms with Crippen LogP contribution in [-0.4, -0.2) is 33.3 Å². The van der Waals surface area contributed by atoms with Gasteiger partial charge in [-0.05, 0) is 25.0 Å². The second kappa shape index (κ2) is 7.47. The van der Waals surface area contributed by atoms with E-state index in [9.17, 15) is 0 Å². The Hall–Kier alpha value is -1.30. The maximum atomic E-state index is 8.75. The molecule has 1 N–H and O–H groups in total. The third-order valence-corrected chi connectivity index (χ3v) is 3.26. The number of aromatic nitrogens is 3. The van der Waals surface area contributed by atoms with Gasteiger partial charge in [-0.3, -0.25) is 0 Å². The summed E-state index contributed by atoms with van der Waals surface area (Å²) in [5.41, 5.74) is 0.856. The van der Waals surface area contributed by atoms with E-state index < -0.39 is 0 Å². The molecule has 108 valence electrons. The monoisotopic (exact) mass is 315 g/mol. The van der Waals surface area contributed by atoms with Crippen LogP contribution in [0.3, 0.4) is 0 Å². The van der Waals surface area contributed by atoms with E-state index in [0.717, 1.165) is 5.69 Å². The summed E-state index contributed by atoms with van der Waals surface area (Å²) in [7, 11) is 0. The molecule has 0 atom stereocenters. The fourth-order valence-electron chi connectivity index (χ4n) is 1.68. The van der Waals surface area contributed by atoms with Crippen LogP contribution in [0, 0.1) is 0 Å². The molecule has 2 rings (SSSR count). The van der Waals surface area contributed by atoms with Crippen molar-refractivity contribution in [2.24, 2.45) is 0 Å². The third-order valence-electron chi connectivity index (χ3n) is 2.66. The minimum atomic E-state index is 0.154. The first-order valence-electron chi connectivity index (χ1n) is 6.27. The first kappa shape index (κ1) is 15.1. The van der Waals surface area contributed by atoms with E-state index in [1.807, 2.05) is 6.20 Å². The molecule has 1 heterocycles. The molecule has 0 fully saturated rings. The molecule has 0 aliphatic carbocycles. The van der Waals surface area contributed by atoms with Crippen LogP contribution in [0.4, 0.5) is 0 Å². The van der Waals surface area contributed by atoms with Gasteiger partial charge in [-0.15, -0.1) is 5.10 Å². The van der Waals surface area contributed by atoms with Gasteiger partial charge in [0, 0.05) is 12.8 Å². The summed E-state index contributed by atoms with van der Waals surface area (Å²) in [6, 6.07) is 5.22. The molecule has 7 heteroatoms. The lowest BCUT2D eigenvalue weighted by Gasteiger charge is -2.09. The highest BCUT2D eigenvalue weighted by Crippen LogP contribution is 2.32. The van der Waals surface area contributed by atoms with Crippen LogP contribution in [0.5, 0.6) is 5.75 Å². The van der Waals surface area contributed by atoms with Crippen LogP contribution in [0.25, 0.3) is 0 Å². The van der Waals surface area contributed by atoms with E-state index >= 15 is 0 Å². The lowest BCUT2D eigenvalue weighted by molar-refractivity contribution is 0.288. The molecular formula is C13H15Cl2N3O2. The molecular weight excluding hydrogens is 301 g/mol. The Morgan fingerprint density at radius 1 is 1.25 bits per heavy atom. The van der Waals surface area contributed by atoms with Crippen molar-refractivity contribution in [3.8, 4) is 5.75 Å². The third kappa shape index (κ3) is 4.10. The summed E-state index contributed by atoms with van der Waals surface area (Å²) in [4.78, 5) is 0. The quantitative estimate of drug-likeness (QED) is 0.853. The Morgan fingerprint density at radius 2 is 2.00 bits per heavy atom. The van der Waals surface area contributed by atoms with Gasteiger partial charge in [0.05, 0.1) is 22.3 Å². The largest absolute Gasteiger partial charge is 0.489 e. The zero-order chi connectivity index (χ0) is 14.4. The van der Waals surface area contributed by atoms with Gasteiger partial charge in [0.1, 0.15) is 6.61 Å². The highest BCUT2D eigenvalue weighted by Gasteiger charge is 2.07. The summed E-state index contributed by atoms with van der Waals surface area (Å²) in [5.74, 6) is 0.483. The van der Waals surface area contributed by atoms with Gasteiger partial charge >= 0.3 is 0 Å². The number of aryl methyl sites for hydroxylation is 1. The smallest absolute Gasteiger partial charge is 0.156 e. The lowest BCUT2D eigenvalue weighted by atomic mass is 10.3. The number of halogens is 2. The second-order valence-electron chi connectivity index (χ2n) is 4.20. The minimum absolute atomic E-state index is 0.154. The van der Waals surface area contributed by atoms with Crippen LogP contribution >= 0.6 is 23.2 Å². The number of aliphatic hydroxyl groups is 1. The van der Waals surface area contributed by atoms with Crippen molar-refractivity contribution in [1.29, 1.82) is 0 Å². The maximum Gasteiger partial charge on any atom is 0.156 e. The number of aliphatic hydroxyl groups excluding tert-OH is 1. The Bertz CT molecular complexity index is 540. The molecule has 0 radical (unpaired) electrons. The molecule has 0 spiro atoms. The van der Waals surface area contributed by atoms with E-state index in [0.29, 0.717) is 41.8 Å². The van der Waals surface area contributed by atoms with Gasteiger partial charge in [-0.2, -0.15) is 0 Å². The van der Waals surface area contributed by atoms with Crippen LogP contribution in [0.15, 0.2) is 24.4 Å². The topological polar surface area (TPSA) is 60.2 Å². The standard InChI is InChI=1S/C13H15Cl2N3O2/c14-11-4-1-5-12(15)13(11)20-8-6-18-9-10(16-17-18)3-2-7-19/h1,4-5,9,19H,2-3,6-8H2. The molecule has 1 aromatic carbocycles. The zero-order valence-electron chi connectivity index (χ0n) is 10.8. The Labute approximate surface area is 127 Å². The van der Waals surface area contributed by atoms with Gasteiger partial charge in [0.15, 0.2) is 5.75 Å². The van der Waals surface area contributed by atoms with Crippen LogP contribution in [-0.2, 0) is 13.0 Å². The van der Waals surface area contributed by atoms with Crippen molar-refractivity contribution >= 4 is 23.2 Å². The zero-order valence-corrected chi connectivity index (χ0v) is 12.3. The average Bonchev–Trinajstić information content (AvgIpc) is 2.88. The molecule has 0 aliphatic rings. The molecule has 0 bridgehead atoms. The molecule has 0 amide bonds. The summed E-state index contributed by atoms with van der Waals surface area (Å²) >= 11 is 12.0. The van der Waals surface area contributed by atoms with Crippen LogP contribution in [0.2, 0.25) is 10.0 Å². The fraction of sp³-hybridized carbons (Fsp3) is 0.385. The maximum absolute atomic E-state index is 8.75. The number of hydrogen-bond donors (Lipinski definition) is 1. The number of nitrogens with zero attached hydrogens (tertiary/aromatic N) is 3. The number of benzene rings is 1. The van der Waals surface area contributed by atoms with Gasteiger partial charge in [0.25, 0.3) is 0 Å². The summed E-state index contributed by atoms with van der Waals surface area (Å²) < 4.78 is 7.26. The van der Waals surface area contributed by atoms with Crippen LogP contribution < -0.4 is 4.74 Å². The summed E-state index contributed by atoms with van der Waals surface area (Å²) in [6.45, 7) is 1.10. The SMILES string of the molecule is OCCCc1cn(CCOc2c(Cl)cccc2Cl)nn1. The molecule has 0 unspecified atom stereocenters.